The number of anilines is 1. The molecule has 1 aliphatic heterocycles. The van der Waals surface area contributed by atoms with Crippen LogP contribution in [0.4, 0.5) is 5.82 Å². The lowest BCUT2D eigenvalue weighted by molar-refractivity contribution is 0.399. The standard InChI is InChI=1S/C13H17ClN4S/c1-8(14)10-3-5-18(6-4-10)12-11-9(2)17-19-13(11)16-7-15-12/h7-8,10H,3-6H2,1-2H3. The van der Waals surface area contributed by atoms with Crippen molar-refractivity contribution >= 4 is 39.2 Å². The van der Waals surface area contributed by atoms with Gasteiger partial charge in [-0.25, -0.2) is 9.97 Å². The monoisotopic (exact) mass is 296 g/mol. The van der Waals surface area contributed by atoms with Crippen LogP contribution in [0.15, 0.2) is 6.33 Å². The highest BCUT2D eigenvalue weighted by atomic mass is 35.5. The van der Waals surface area contributed by atoms with Gasteiger partial charge in [0.1, 0.15) is 17.0 Å². The molecular weight excluding hydrogens is 280 g/mol. The molecule has 0 aromatic carbocycles. The van der Waals surface area contributed by atoms with Gasteiger partial charge in [-0.2, -0.15) is 4.37 Å². The third-order valence-corrected chi connectivity index (χ3v) is 5.12. The molecule has 3 rings (SSSR count). The summed E-state index contributed by atoms with van der Waals surface area (Å²) in [5.74, 6) is 1.66. The average Bonchev–Trinajstić information content (AvgIpc) is 2.81. The summed E-state index contributed by atoms with van der Waals surface area (Å²) in [6, 6.07) is 0. The van der Waals surface area contributed by atoms with Crippen molar-refractivity contribution in [3.63, 3.8) is 0 Å². The van der Waals surface area contributed by atoms with E-state index >= 15 is 0 Å². The van der Waals surface area contributed by atoms with Crippen molar-refractivity contribution in [3.8, 4) is 0 Å². The maximum Gasteiger partial charge on any atom is 0.149 e. The second-order valence-corrected chi connectivity index (χ2v) is 6.59. The van der Waals surface area contributed by atoms with Crippen LogP contribution in [-0.2, 0) is 0 Å². The Labute approximate surface area is 122 Å². The number of piperidine rings is 1. The second-order valence-electron chi connectivity index (χ2n) is 5.15. The third-order valence-electron chi connectivity index (χ3n) is 3.91. The summed E-state index contributed by atoms with van der Waals surface area (Å²) in [5.41, 5.74) is 1.03. The summed E-state index contributed by atoms with van der Waals surface area (Å²) in [6.45, 7) is 6.16. The number of alkyl halides is 1. The Morgan fingerprint density at radius 3 is 2.79 bits per heavy atom. The molecule has 1 aliphatic rings. The Bertz CT molecular complexity index is 575. The zero-order valence-electron chi connectivity index (χ0n) is 11.1. The van der Waals surface area contributed by atoms with Crippen LogP contribution in [0.25, 0.3) is 10.2 Å². The highest BCUT2D eigenvalue weighted by Crippen LogP contribution is 2.32. The number of aryl methyl sites for hydroxylation is 1. The number of nitrogens with zero attached hydrogens (tertiary/aromatic N) is 4. The summed E-state index contributed by atoms with van der Waals surface area (Å²) in [5, 5.41) is 1.38. The first-order valence-corrected chi connectivity index (χ1v) is 7.84. The molecule has 0 N–H and O–H groups in total. The van der Waals surface area contributed by atoms with Gasteiger partial charge in [-0.1, -0.05) is 0 Å². The lowest BCUT2D eigenvalue weighted by Crippen LogP contribution is -2.36. The van der Waals surface area contributed by atoms with E-state index in [0.29, 0.717) is 5.92 Å². The number of hydrogen-bond acceptors (Lipinski definition) is 5. The van der Waals surface area contributed by atoms with E-state index in [0.717, 1.165) is 47.7 Å². The highest BCUT2D eigenvalue weighted by molar-refractivity contribution is 7.13. The maximum absolute atomic E-state index is 6.20. The topological polar surface area (TPSA) is 41.9 Å². The Balaban J connectivity index is 1.88. The van der Waals surface area contributed by atoms with Crippen molar-refractivity contribution in [2.75, 3.05) is 18.0 Å². The van der Waals surface area contributed by atoms with Crippen molar-refractivity contribution in [1.29, 1.82) is 0 Å². The SMILES string of the molecule is Cc1nsc2ncnc(N3CCC(C(C)Cl)CC3)c12. The van der Waals surface area contributed by atoms with E-state index in [9.17, 15) is 0 Å². The molecule has 6 heteroatoms. The summed E-state index contributed by atoms with van der Waals surface area (Å²) in [4.78, 5) is 12.1. The summed E-state index contributed by atoms with van der Waals surface area (Å²) >= 11 is 7.65. The van der Waals surface area contributed by atoms with Crippen LogP contribution >= 0.6 is 23.1 Å². The van der Waals surface area contributed by atoms with E-state index in [2.05, 4.69) is 26.2 Å². The number of fused-ring (bicyclic) bond motifs is 1. The Morgan fingerprint density at radius 1 is 1.37 bits per heavy atom. The van der Waals surface area contributed by atoms with Crippen LogP contribution in [0.2, 0.25) is 0 Å². The lowest BCUT2D eigenvalue weighted by atomic mass is 9.94. The molecule has 1 fully saturated rings. The van der Waals surface area contributed by atoms with Crippen molar-refractivity contribution in [3.05, 3.63) is 12.0 Å². The zero-order chi connectivity index (χ0) is 13.4. The molecule has 19 heavy (non-hydrogen) atoms. The molecule has 4 nitrogen and oxygen atoms in total. The summed E-state index contributed by atoms with van der Waals surface area (Å²) < 4.78 is 4.39. The zero-order valence-corrected chi connectivity index (χ0v) is 12.7. The Hall–Kier alpha value is -0.940. The van der Waals surface area contributed by atoms with Gasteiger partial charge in [-0.3, -0.25) is 0 Å². The molecule has 0 amide bonds. The van der Waals surface area contributed by atoms with Gasteiger partial charge in [-0.15, -0.1) is 11.6 Å². The molecular formula is C13H17ClN4S. The lowest BCUT2D eigenvalue weighted by Gasteiger charge is -2.34. The van der Waals surface area contributed by atoms with E-state index in [1.165, 1.54) is 11.5 Å². The first-order valence-electron chi connectivity index (χ1n) is 6.63. The van der Waals surface area contributed by atoms with Gasteiger partial charge in [0.2, 0.25) is 0 Å². The van der Waals surface area contributed by atoms with Gasteiger partial charge in [-0.05, 0) is 44.1 Å². The molecule has 1 saturated heterocycles. The molecule has 0 aliphatic carbocycles. The van der Waals surface area contributed by atoms with E-state index in [4.69, 9.17) is 11.6 Å². The largest absolute Gasteiger partial charge is 0.356 e. The van der Waals surface area contributed by atoms with Gasteiger partial charge in [0, 0.05) is 18.5 Å². The molecule has 1 unspecified atom stereocenters. The van der Waals surface area contributed by atoms with Crippen LogP contribution in [0.3, 0.4) is 0 Å². The Morgan fingerprint density at radius 2 is 2.11 bits per heavy atom. The fourth-order valence-corrected chi connectivity index (χ4v) is 3.71. The highest BCUT2D eigenvalue weighted by Gasteiger charge is 2.25. The molecule has 0 bridgehead atoms. The fraction of sp³-hybridized carbons (Fsp3) is 0.615. The van der Waals surface area contributed by atoms with Crippen molar-refractivity contribution < 1.29 is 0 Å². The minimum Gasteiger partial charge on any atom is -0.356 e. The molecule has 2 aromatic rings. The van der Waals surface area contributed by atoms with E-state index < -0.39 is 0 Å². The maximum atomic E-state index is 6.20. The van der Waals surface area contributed by atoms with Crippen molar-refractivity contribution in [2.45, 2.75) is 32.1 Å². The fourth-order valence-electron chi connectivity index (χ4n) is 2.71. The predicted molar refractivity (Wildman–Crippen MR) is 80.2 cm³/mol. The van der Waals surface area contributed by atoms with Crippen LogP contribution in [0, 0.1) is 12.8 Å². The van der Waals surface area contributed by atoms with E-state index in [1.54, 1.807) is 6.33 Å². The third kappa shape index (κ3) is 2.41. The predicted octanol–water partition coefficient (Wildman–Crippen LogP) is 3.24. The minimum absolute atomic E-state index is 0.261. The van der Waals surface area contributed by atoms with Gasteiger partial charge >= 0.3 is 0 Å². The smallest absolute Gasteiger partial charge is 0.149 e. The number of halogens is 1. The van der Waals surface area contributed by atoms with Gasteiger partial charge in [0.25, 0.3) is 0 Å². The number of rotatable bonds is 2. The molecule has 2 aromatic heterocycles. The summed E-state index contributed by atoms with van der Waals surface area (Å²) in [6.07, 6.45) is 3.91. The molecule has 102 valence electrons. The van der Waals surface area contributed by atoms with Crippen LogP contribution < -0.4 is 4.90 Å². The van der Waals surface area contributed by atoms with Gasteiger partial charge in [0.15, 0.2) is 0 Å². The number of hydrogen-bond donors (Lipinski definition) is 0. The average molecular weight is 297 g/mol. The van der Waals surface area contributed by atoms with Gasteiger partial charge in [0.05, 0.1) is 11.1 Å². The molecule has 0 radical (unpaired) electrons. The van der Waals surface area contributed by atoms with E-state index in [1.807, 2.05) is 6.92 Å². The summed E-state index contributed by atoms with van der Waals surface area (Å²) in [7, 11) is 0. The minimum atomic E-state index is 0.261. The first-order chi connectivity index (χ1) is 9.16. The van der Waals surface area contributed by atoms with Gasteiger partial charge < -0.3 is 4.90 Å². The molecule has 1 atom stereocenters. The van der Waals surface area contributed by atoms with Crippen LogP contribution in [-0.4, -0.2) is 32.8 Å². The van der Waals surface area contributed by atoms with Crippen LogP contribution in [0.1, 0.15) is 25.5 Å². The first kappa shape index (κ1) is 13.1. The normalized spacial score (nSPS) is 19.0. The van der Waals surface area contributed by atoms with E-state index in [-0.39, 0.29) is 5.38 Å². The molecule has 3 heterocycles. The number of aromatic nitrogens is 3. The van der Waals surface area contributed by atoms with Crippen molar-refractivity contribution in [1.82, 2.24) is 14.3 Å². The van der Waals surface area contributed by atoms with Crippen molar-refractivity contribution in [2.24, 2.45) is 5.92 Å². The quantitative estimate of drug-likeness (QED) is 0.798. The molecule has 0 spiro atoms. The second kappa shape index (κ2) is 5.21. The van der Waals surface area contributed by atoms with Crippen LogP contribution in [0.5, 0.6) is 0 Å². The Kier molecular flexibility index (Phi) is 3.58. The molecule has 0 saturated carbocycles.